The van der Waals surface area contributed by atoms with Crippen molar-refractivity contribution in [2.75, 3.05) is 0 Å². The van der Waals surface area contributed by atoms with Gasteiger partial charge in [0.1, 0.15) is 0 Å². The van der Waals surface area contributed by atoms with Crippen molar-refractivity contribution in [2.24, 2.45) is 11.8 Å². The van der Waals surface area contributed by atoms with Crippen LogP contribution in [0.5, 0.6) is 0 Å². The number of nitrogens with one attached hydrogen (secondary N) is 1. The third kappa shape index (κ3) is 1.29. The van der Waals surface area contributed by atoms with Crippen molar-refractivity contribution in [3.8, 4) is 0 Å². The van der Waals surface area contributed by atoms with Crippen LogP contribution in [0.4, 0.5) is 0 Å². The minimum absolute atomic E-state index is 0.183. The molecule has 2 nitrogen and oxygen atoms in total. The van der Waals surface area contributed by atoms with E-state index in [1.165, 1.54) is 5.69 Å². The number of hydrogen-bond donors (Lipinski definition) is 1. The molecule has 14 heavy (non-hydrogen) atoms. The molecule has 0 saturated heterocycles. The summed E-state index contributed by atoms with van der Waals surface area (Å²) in [6.07, 6.45) is 1.99. The molecular weight excluding hydrogens is 174 g/mol. The highest BCUT2D eigenvalue weighted by atomic mass is 16.1. The van der Waals surface area contributed by atoms with Gasteiger partial charge in [-0.05, 0) is 24.8 Å². The van der Waals surface area contributed by atoms with Crippen molar-refractivity contribution in [3.05, 3.63) is 23.0 Å². The van der Waals surface area contributed by atoms with Gasteiger partial charge < -0.3 is 4.98 Å². The van der Waals surface area contributed by atoms with Gasteiger partial charge >= 0.3 is 0 Å². The first kappa shape index (κ1) is 9.50. The first-order valence-electron chi connectivity index (χ1n) is 5.38. The van der Waals surface area contributed by atoms with Gasteiger partial charge in [0.2, 0.25) is 0 Å². The summed E-state index contributed by atoms with van der Waals surface area (Å²) in [7, 11) is 0. The highest BCUT2D eigenvalue weighted by Gasteiger charge is 2.30. The number of hydrogen-bond acceptors (Lipinski definition) is 1. The van der Waals surface area contributed by atoms with Crippen molar-refractivity contribution in [3.63, 3.8) is 0 Å². The molecule has 2 heteroatoms. The predicted molar refractivity (Wildman–Crippen MR) is 56.5 cm³/mol. The molecule has 0 spiro atoms. The number of aromatic amines is 1. The predicted octanol–water partition coefficient (Wildman–Crippen LogP) is 2.59. The molecule has 1 aromatic heterocycles. The number of ketones is 1. The van der Waals surface area contributed by atoms with E-state index < -0.39 is 0 Å². The molecule has 2 atom stereocenters. The molecule has 76 valence electrons. The van der Waals surface area contributed by atoms with E-state index in [0.29, 0.717) is 11.7 Å². The summed E-state index contributed by atoms with van der Waals surface area (Å²) < 4.78 is 0. The topological polar surface area (TPSA) is 32.9 Å². The lowest BCUT2D eigenvalue weighted by Gasteiger charge is -2.23. The Kier molecular flexibility index (Phi) is 2.22. The summed E-state index contributed by atoms with van der Waals surface area (Å²) >= 11 is 0. The minimum Gasteiger partial charge on any atom is -0.362 e. The summed E-state index contributed by atoms with van der Waals surface area (Å²) in [6.45, 7) is 6.29. The average Bonchev–Trinajstić information content (AvgIpc) is 2.57. The average molecular weight is 191 g/mol. The Bertz CT molecular complexity index is 364. The molecule has 0 bridgehead atoms. The molecule has 0 aliphatic heterocycles. The Morgan fingerprint density at radius 2 is 2.21 bits per heavy atom. The Balaban J connectivity index is 2.43. The van der Waals surface area contributed by atoms with Crippen LogP contribution in [-0.4, -0.2) is 10.8 Å². The lowest BCUT2D eigenvalue weighted by Crippen LogP contribution is -2.26. The molecular formula is C12H17NO. The van der Waals surface area contributed by atoms with Crippen LogP contribution in [0.2, 0.25) is 0 Å². The van der Waals surface area contributed by atoms with Crippen LogP contribution < -0.4 is 0 Å². The van der Waals surface area contributed by atoms with E-state index in [0.717, 1.165) is 24.1 Å². The molecule has 0 amide bonds. The third-order valence-corrected chi connectivity index (χ3v) is 3.39. The van der Waals surface area contributed by atoms with Crippen LogP contribution in [0, 0.1) is 11.8 Å². The van der Waals surface area contributed by atoms with E-state index in [2.05, 4.69) is 18.8 Å². The molecule has 1 heterocycles. The van der Waals surface area contributed by atoms with Gasteiger partial charge in [-0.3, -0.25) is 4.79 Å². The first-order valence-corrected chi connectivity index (χ1v) is 5.38. The van der Waals surface area contributed by atoms with Crippen molar-refractivity contribution in [2.45, 2.75) is 33.6 Å². The van der Waals surface area contributed by atoms with Gasteiger partial charge in [0.25, 0.3) is 0 Å². The van der Waals surface area contributed by atoms with Crippen molar-refractivity contribution in [1.82, 2.24) is 4.98 Å². The maximum absolute atomic E-state index is 11.9. The van der Waals surface area contributed by atoms with Crippen molar-refractivity contribution >= 4 is 5.78 Å². The summed E-state index contributed by atoms with van der Waals surface area (Å²) in [5.41, 5.74) is 3.27. The fourth-order valence-corrected chi connectivity index (χ4v) is 2.13. The molecule has 0 saturated carbocycles. The van der Waals surface area contributed by atoms with E-state index in [-0.39, 0.29) is 5.92 Å². The molecule has 1 aliphatic rings. The molecule has 0 radical (unpaired) electrons. The van der Waals surface area contributed by atoms with Crippen LogP contribution in [-0.2, 0) is 12.8 Å². The number of carbonyl (C=O) groups excluding carboxylic acids is 1. The lowest BCUT2D eigenvalue weighted by molar-refractivity contribution is 0.0876. The Morgan fingerprint density at radius 3 is 2.86 bits per heavy atom. The second-order valence-electron chi connectivity index (χ2n) is 4.37. The van der Waals surface area contributed by atoms with Gasteiger partial charge in [0.05, 0.1) is 0 Å². The zero-order valence-corrected chi connectivity index (χ0v) is 9.05. The quantitative estimate of drug-likeness (QED) is 0.727. The number of rotatable bonds is 1. The Hall–Kier alpha value is -1.05. The molecule has 1 aromatic rings. The van der Waals surface area contributed by atoms with Crippen molar-refractivity contribution in [1.29, 1.82) is 0 Å². The van der Waals surface area contributed by atoms with E-state index in [1.807, 2.05) is 13.0 Å². The molecule has 0 fully saturated rings. The smallest absolute Gasteiger partial charge is 0.167 e. The number of carbonyl (C=O) groups is 1. The fraction of sp³-hybridized carbons (Fsp3) is 0.583. The first-order chi connectivity index (χ1) is 6.63. The monoisotopic (exact) mass is 191 g/mol. The van der Waals surface area contributed by atoms with Gasteiger partial charge in [-0.15, -0.1) is 0 Å². The van der Waals surface area contributed by atoms with Crippen LogP contribution in [0.15, 0.2) is 6.07 Å². The standard InChI is InChI=1S/C12H17NO/c1-4-9-6-10-11(13-9)5-7(2)8(3)12(10)14/h6-8,13H,4-5H2,1-3H3. The van der Waals surface area contributed by atoms with E-state index in [1.54, 1.807) is 0 Å². The number of fused-ring (bicyclic) bond motifs is 1. The number of aromatic nitrogens is 1. The maximum atomic E-state index is 11.9. The number of H-pyrrole nitrogens is 1. The summed E-state index contributed by atoms with van der Waals surface area (Å²) in [6, 6.07) is 2.03. The number of aryl methyl sites for hydroxylation is 1. The SMILES string of the molecule is CCc1cc2c([nH]1)CC(C)C(C)C2=O. The Morgan fingerprint density at radius 1 is 1.50 bits per heavy atom. The van der Waals surface area contributed by atoms with Gasteiger partial charge in [-0.2, -0.15) is 0 Å². The second kappa shape index (κ2) is 3.26. The highest BCUT2D eigenvalue weighted by Crippen LogP contribution is 2.29. The molecule has 1 aliphatic carbocycles. The van der Waals surface area contributed by atoms with E-state index in [4.69, 9.17) is 0 Å². The van der Waals surface area contributed by atoms with Gasteiger partial charge in [0, 0.05) is 22.9 Å². The summed E-state index contributed by atoms with van der Waals surface area (Å²) in [4.78, 5) is 15.3. The van der Waals surface area contributed by atoms with E-state index in [9.17, 15) is 4.79 Å². The second-order valence-corrected chi connectivity index (χ2v) is 4.37. The largest absolute Gasteiger partial charge is 0.362 e. The zero-order valence-electron chi connectivity index (χ0n) is 9.05. The third-order valence-electron chi connectivity index (χ3n) is 3.39. The Labute approximate surface area is 84.7 Å². The van der Waals surface area contributed by atoms with Crippen molar-refractivity contribution < 1.29 is 4.79 Å². The molecule has 0 aromatic carbocycles. The summed E-state index contributed by atoms with van der Waals surface area (Å²) in [5.74, 6) is 0.969. The van der Waals surface area contributed by atoms with E-state index >= 15 is 0 Å². The van der Waals surface area contributed by atoms with Crippen LogP contribution in [0.3, 0.4) is 0 Å². The number of Topliss-reactive ketones (excluding diaryl/α,β-unsaturated/α-hetero) is 1. The highest BCUT2D eigenvalue weighted by molar-refractivity contribution is 6.00. The normalized spacial score (nSPS) is 26.4. The maximum Gasteiger partial charge on any atom is 0.167 e. The fourth-order valence-electron chi connectivity index (χ4n) is 2.13. The zero-order chi connectivity index (χ0) is 10.3. The molecule has 1 N–H and O–H groups in total. The molecule has 2 rings (SSSR count). The van der Waals surface area contributed by atoms with Gasteiger partial charge in [0.15, 0.2) is 5.78 Å². The van der Waals surface area contributed by atoms with Crippen LogP contribution in [0.1, 0.15) is 42.5 Å². The minimum atomic E-state index is 0.183. The van der Waals surface area contributed by atoms with Crippen LogP contribution in [0.25, 0.3) is 0 Å². The molecule has 2 unspecified atom stereocenters. The lowest BCUT2D eigenvalue weighted by atomic mass is 9.80. The van der Waals surface area contributed by atoms with Gasteiger partial charge in [-0.25, -0.2) is 0 Å². The van der Waals surface area contributed by atoms with Gasteiger partial charge in [-0.1, -0.05) is 20.8 Å². The van der Waals surface area contributed by atoms with Crippen LogP contribution >= 0.6 is 0 Å². The summed E-state index contributed by atoms with van der Waals surface area (Å²) in [5, 5.41) is 0.